The zero-order valence-corrected chi connectivity index (χ0v) is 21.4. The van der Waals surface area contributed by atoms with Gasteiger partial charge in [0, 0.05) is 13.1 Å². The topological polar surface area (TPSA) is 92.5 Å². The number of carbonyl (C=O) groups is 1. The van der Waals surface area contributed by atoms with E-state index in [1.54, 1.807) is 0 Å². The van der Waals surface area contributed by atoms with E-state index in [0.29, 0.717) is 37.8 Å². The van der Waals surface area contributed by atoms with Gasteiger partial charge in [0.1, 0.15) is 6.04 Å². The number of carbonyl (C=O) groups excluding carboxylic acids is 1. The van der Waals surface area contributed by atoms with Crippen molar-refractivity contribution in [2.75, 3.05) is 18.8 Å². The number of nitrogens with zero attached hydrogens (tertiary/aromatic N) is 1. The van der Waals surface area contributed by atoms with Gasteiger partial charge in [0.05, 0.1) is 20.6 Å². The van der Waals surface area contributed by atoms with Gasteiger partial charge in [0.25, 0.3) is 0 Å². The van der Waals surface area contributed by atoms with Crippen LogP contribution in [0.1, 0.15) is 44.1 Å². The summed E-state index contributed by atoms with van der Waals surface area (Å²) >= 11 is 12.2. The van der Waals surface area contributed by atoms with Crippen molar-refractivity contribution in [1.82, 2.24) is 9.62 Å². The first-order valence-corrected chi connectivity index (χ1v) is 14.1. The van der Waals surface area contributed by atoms with Crippen LogP contribution in [0.4, 0.5) is 5.69 Å². The SMILES string of the molecule is Nc1c(Cl)cc(S(=O)(=O)N[C@@H](CCc2ccccc2)C(=O)N2CCC3CCCC[C@H]3C2)cc1Cl. The first kappa shape index (κ1) is 25.3. The van der Waals surface area contributed by atoms with Crippen molar-refractivity contribution in [3.05, 3.63) is 58.1 Å². The number of nitrogen functional groups attached to an aromatic ring is 1. The minimum Gasteiger partial charge on any atom is -0.396 e. The number of hydrogen-bond donors (Lipinski definition) is 2. The van der Waals surface area contributed by atoms with Gasteiger partial charge in [0.15, 0.2) is 0 Å². The van der Waals surface area contributed by atoms with E-state index in [-0.39, 0.29) is 26.5 Å². The largest absolute Gasteiger partial charge is 0.396 e. The summed E-state index contributed by atoms with van der Waals surface area (Å²) in [6, 6.07) is 11.4. The molecule has 2 aromatic rings. The number of aryl methyl sites for hydroxylation is 1. The van der Waals surface area contributed by atoms with Crippen LogP contribution >= 0.6 is 23.2 Å². The highest BCUT2D eigenvalue weighted by Gasteiger charge is 2.36. The molecule has 184 valence electrons. The number of halogens is 2. The molecule has 1 saturated heterocycles. The van der Waals surface area contributed by atoms with E-state index in [9.17, 15) is 13.2 Å². The maximum absolute atomic E-state index is 13.6. The Bertz CT molecular complexity index is 1100. The Labute approximate surface area is 211 Å². The molecule has 6 nitrogen and oxygen atoms in total. The van der Waals surface area contributed by atoms with Crippen LogP contribution in [0.25, 0.3) is 0 Å². The van der Waals surface area contributed by atoms with Crippen LogP contribution in [0.2, 0.25) is 10.0 Å². The van der Waals surface area contributed by atoms with Crippen LogP contribution in [-0.2, 0) is 21.2 Å². The summed E-state index contributed by atoms with van der Waals surface area (Å²) in [5.41, 5.74) is 6.93. The number of piperidine rings is 1. The lowest BCUT2D eigenvalue weighted by Gasteiger charge is -2.42. The highest BCUT2D eigenvalue weighted by molar-refractivity contribution is 7.89. The third kappa shape index (κ3) is 5.88. The highest BCUT2D eigenvalue weighted by atomic mass is 35.5. The number of benzene rings is 2. The molecule has 0 spiro atoms. The lowest BCUT2D eigenvalue weighted by atomic mass is 9.75. The predicted octanol–water partition coefficient (Wildman–Crippen LogP) is 4.89. The summed E-state index contributed by atoms with van der Waals surface area (Å²) in [6.45, 7) is 1.37. The average Bonchev–Trinajstić information content (AvgIpc) is 2.84. The quantitative estimate of drug-likeness (QED) is 0.505. The summed E-state index contributed by atoms with van der Waals surface area (Å²) < 4.78 is 29.1. The molecule has 3 N–H and O–H groups in total. The Morgan fingerprint density at radius 1 is 1.06 bits per heavy atom. The first-order chi connectivity index (χ1) is 16.2. The first-order valence-electron chi connectivity index (χ1n) is 11.8. The fraction of sp³-hybridized carbons (Fsp3) is 0.480. The molecular formula is C25H31Cl2N3O3S. The Morgan fingerprint density at radius 2 is 1.71 bits per heavy atom. The number of sulfonamides is 1. The van der Waals surface area contributed by atoms with Crippen LogP contribution in [0.3, 0.4) is 0 Å². The predicted molar refractivity (Wildman–Crippen MR) is 136 cm³/mol. The highest BCUT2D eigenvalue weighted by Crippen LogP contribution is 2.36. The maximum Gasteiger partial charge on any atom is 0.241 e. The second-order valence-electron chi connectivity index (χ2n) is 9.38. The van der Waals surface area contributed by atoms with Crippen molar-refractivity contribution in [3.8, 4) is 0 Å². The molecule has 0 radical (unpaired) electrons. The summed E-state index contributed by atoms with van der Waals surface area (Å²) in [7, 11) is -4.05. The Morgan fingerprint density at radius 3 is 2.38 bits per heavy atom. The number of nitrogens with two attached hydrogens (primary N) is 1. The van der Waals surface area contributed by atoms with Gasteiger partial charge in [0.2, 0.25) is 15.9 Å². The van der Waals surface area contributed by atoms with Gasteiger partial charge < -0.3 is 10.6 Å². The number of nitrogens with one attached hydrogen (secondary N) is 1. The van der Waals surface area contributed by atoms with Crippen molar-refractivity contribution in [1.29, 1.82) is 0 Å². The van der Waals surface area contributed by atoms with Gasteiger partial charge in [-0.05, 0) is 55.2 Å². The van der Waals surface area contributed by atoms with Gasteiger partial charge in [-0.15, -0.1) is 0 Å². The fourth-order valence-corrected chi connectivity index (χ4v) is 7.07. The van der Waals surface area contributed by atoms with E-state index in [0.717, 1.165) is 18.4 Å². The zero-order chi connectivity index (χ0) is 24.3. The van der Waals surface area contributed by atoms with Gasteiger partial charge in [-0.1, -0.05) is 72.8 Å². The summed E-state index contributed by atoms with van der Waals surface area (Å²) in [5.74, 6) is 1.01. The van der Waals surface area contributed by atoms with Crippen molar-refractivity contribution < 1.29 is 13.2 Å². The molecule has 2 aliphatic rings. The minimum atomic E-state index is -4.05. The second kappa shape index (κ2) is 10.9. The maximum atomic E-state index is 13.6. The molecule has 4 rings (SSSR count). The van der Waals surface area contributed by atoms with Crippen molar-refractivity contribution >= 4 is 44.8 Å². The monoisotopic (exact) mass is 523 g/mol. The standard InChI is InChI=1S/C25H31Cl2N3O3S/c26-21-14-20(15-22(27)24(21)28)34(32,33)29-23(11-10-17-6-2-1-3-7-17)25(31)30-13-12-18-8-4-5-9-19(18)16-30/h1-3,6-7,14-15,18-19,23,29H,4-5,8-13,16,28H2/t18?,19-,23-/m0/s1. The van der Waals surface area contributed by atoms with E-state index in [1.165, 1.54) is 31.4 Å². The molecule has 1 unspecified atom stereocenters. The van der Waals surface area contributed by atoms with Crippen LogP contribution < -0.4 is 10.5 Å². The zero-order valence-electron chi connectivity index (χ0n) is 19.1. The number of amides is 1. The minimum absolute atomic E-state index is 0.0550. The Hall–Kier alpha value is -1.80. The Balaban J connectivity index is 1.55. The summed E-state index contributed by atoms with van der Waals surface area (Å²) in [5, 5.41) is 0.110. The normalized spacial score (nSPS) is 21.6. The van der Waals surface area contributed by atoms with Gasteiger partial charge >= 0.3 is 0 Å². The molecule has 1 aliphatic heterocycles. The smallest absolute Gasteiger partial charge is 0.241 e. The lowest BCUT2D eigenvalue weighted by Crippen LogP contribution is -2.53. The molecule has 2 fully saturated rings. The number of anilines is 1. The molecular weight excluding hydrogens is 493 g/mol. The number of likely N-dealkylation sites (tertiary alicyclic amines) is 1. The third-order valence-electron chi connectivity index (χ3n) is 7.13. The van der Waals surface area contributed by atoms with Crippen LogP contribution in [0.15, 0.2) is 47.4 Å². The van der Waals surface area contributed by atoms with E-state index < -0.39 is 16.1 Å². The van der Waals surface area contributed by atoms with Crippen molar-refractivity contribution in [3.63, 3.8) is 0 Å². The fourth-order valence-electron chi connectivity index (χ4n) is 5.18. The molecule has 1 aliphatic carbocycles. The summed E-state index contributed by atoms with van der Waals surface area (Å²) in [4.78, 5) is 15.4. The van der Waals surface area contributed by atoms with Gasteiger partial charge in [-0.3, -0.25) is 4.79 Å². The van der Waals surface area contributed by atoms with Crippen molar-refractivity contribution in [2.45, 2.75) is 55.9 Å². The van der Waals surface area contributed by atoms with Crippen LogP contribution in [0.5, 0.6) is 0 Å². The van der Waals surface area contributed by atoms with Gasteiger partial charge in [-0.25, -0.2) is 8.42 Å². The molecule has 3 atom stereocenters. The molecule has 0 aromatic heterocycles. The molecule has 1 amide bonds. The molecule has 1 saturated carbocycles. The van der Waals surface area contributed by atoms with E-state index in [2.05, 4.69) is 4.72 Å². The second-order valence-corrected chi connectivity index (χ2v) is 11.9. The van der Waals surface area contributed by atoms with E-state index in [4.69, 9.17) is 28.9 Å². The van der Waals surface area contributed by atoms with E-state index >= 15 is 0 Å². The molecule has 0 bridgehead atoms. The molecule has 1 heterocycles. The third-order valence-corrected chi connectivity index (χ3v) is 9.20. The summed E-state index contributed by atoms with van der Waals surface area (Å²) in [6.07, 6.45) is 6.74. The van der Waals surface area contributed by atoms with Gasteiger partial charge in [-0.2, -0.15) is 4.72 Å². The number of fused-ring (bicyclic) bond motifs is 1. The van der Waals surface area contributed by atoms with E-state index in [1.807, 2.05) is 35.2 Å². The number of hydrogen-bond acceptors (Lipinski definition) is 4. The van der Waals surface area contributed by atoms with Crippen molar-refractivity contribution in [2.24, 2.45) is 11.8 Å². The van der Waals surface area contributed by atoms with Crippen LogP contribution in [-0.4, -0.2) is 38.4 Å². The Kier molecular flexibility index (Phi) is 8.08. The lowest BCUT2D eigenvalue weighted by molar-refractivity contribution is -0.136. The number of rotatable bonds is 7. The van der Waals surface area contributed by atoms with Crippen LogP contribution in [0, 0.1) is 11.8 Å². The molecule has 9 heteroatoms. The average molecular weight is 525 g/mol. The molecule has 2 aromatic carbocycles. The molecule has 34 heavy (non-hydrogen) atoms.